The van der Waals surface area contributed by atoms with Crippen LogP contribution in [0.5, 0.6) is 5.75 Å². The maximum atomic E-state index is 12.6. The summed E-state index contributed by atoms with van der Waals surface area (Å²) in [6.45, 7) is 0. The van der Waals surface area contributed by atoms with E-state index in [1.54, 1.807) is 24.3 Å². The van der Waals surface area contributed by atoms with E-state index in [0.29, 0.717) is 5.56 Å². The number of anilines is 1. The zero-order valence-corrected chi connectivity index (χ0v) is 12.9. The molecule has 1 fully saturated rings. The van der Waals surface area contributed by atoms with Gasteiger partial charge in [-0.15, -0.1) is 0 Å². The number of nitrogens with one attached hydrogen (secondary N) is 1. The first-order chi connectivity index (χ1) is 11.5. The first-order valence-electron chi connectivity index (χ1n) is 6.92. The molecule has 2 aromatic rings. The van der Waals surface area contributed by atoms with Gasteiger partial charge in [-0.05, 0) is 35.9 Å². The van der Waals surface area contributed by atoms with Gasteiger partial charge in [0.1, 0.15) is 11.3 Å². The minimum Gasteiger partial charge on any atom is -0.508 e. The van der Waals surface area contributed by atoms with E-state index < -0.39 is 17.8 Å². The number of barbiturate groups is 1. The number of hydrogen-bond acceptors (Lipinski definition) is 4. The largest absolute Gasteiger partial charge is 0.508 e. The molecule has 4 amide bonds. The number of para-hydroxylation sites is 1. The van der Waals surface area contributed by atoms with Crippen LogP contribution in [0.3, 0.4) is 0 Å². The smallest absolute Gasteiger partial charge is 0.335 e. The Kier molecular flexibility index (Phi) is 4.05. The standard InChI is InChI=1S/C17H11ClN2O4/c18-13-6-1-2-7-14(13)20-16(23)12(15(22)19-17(20)24)9-10-4-3-5-11(21)8-10/h1-9,21H,(H,19,22,24)/b12-9-. The Hall–Kier alpha value is -3.12. The fourth-order valence-corrected chi connectivity index (χ4v) is 2.51. The lowest BCUT2D eigenvalue weighted by molar-refractivity contribution is -0.122. The zero-order valence-electron chi connectivity index (χ0n) is 12.2. The van der Waals surface area contributed by atoms with Gasteiger partial charge in [-0.3, -0.25) is 14.9 Å². The third-order valence-electron chi connectivity index (χ3n) is 3.38. The van der Waals surface area contributed by atoms with Gasteiger partial charge in [-0.1, -0.05) is 35.9 Å². The fourth-order valence-electron chi connectivity index (χ4n) is 2.29. The van der Waals surface area contributed by atoms with Gasteiger partial charge in [0.05, 0.1) is 10.7 Å². The van der Waals surface area contributed by atoms with Crippen molar-refractivity contribution >= 4 is 41.2 Å². The van der Waals surface area contributed by atoms with Crippen molar-refractivity contribution in [1.82, 2.24) is 5.32 Å². The number of benzene rings is 2. The number of amides is 4. The molecule has 0 aliphatic carbocycles. The van der Waals surface area contributed by atoms with Crippen molar-refractivity contribution < 1.29 is 19.5 Å². The van der Waals surface area contributed by atoms with Crippen molar-refractivity contribution in [2.45, 2.75) is 0 Å². The summed E-state index contributed by atoms with van der Waals surface area (Å²) >= 11 is 6.04. The first-order valence-corrected chi connectivity index (χ1v) is 7.30. The van der Waals surface area contributed by atoms with Crippen molar-refractivity contribution in [2.75, 3.05) is 4.90 Å². The van der Waals surface area contributed by atoms with Gasteiger partial charge in [0, 0.05) is 0 Å². The molecule has 1 aliphatic heterocycles. The molecule has 3 rings (SSSR count). The summed E-state index contributed by atoms with van der Waals surface area (Å²) < 4.78 is 0. The zero-order chi connectivity index (χ0) is 17.3. The number of carbonyl (C=O) groups is 3. The molecule has 0 unspecified atom stereocenters. The van der Waals surface area contributed by atoms with Crippen molar-refractivity contribution in [2.24, 2.45) is 0 Å². The number of nitrogens with zero attached hydrogens (tertiary/aromatic N) is 1. The highest BCUT2D eigenvalue weighted by Gasteiger charge is 2.37. The summed E-state index contributed by atoms with van der Waals surface area (Å²) in [5.74, 6) is -1.61. The maximum absolute atomic E-state index is 12.6. The van der Waals surface area contributed by atoms with Crippen LogP contribution in [0.1, 0.15) is 5.56 Å². The molecule has 0 spiro atoms. The van der Waals surface area contributed by atoms with E-state index in [1.165, 1.54) is 30.3 Å². The van der Waals surface area contributed by atoms with Gasteiger partial charge in [0.15, 0.2) is 0 Å². The number of phenolic OH excluding ortho intramolecular Hbond substituents is 1. The monoisotopic (exact) mass is 342 g/mol. The summed E-state index contributed by atoms with van der Waals surface area (Å²) in [6, 6.07) is 11.5. The second kappa shape index (κ2) is 6.17. The topological polar surface area (TPSA) is 86.7 Å². The molecule has 1 saturated heterocycles. The highest BCUT2D eigenvalue weighted by molar-refractivity contribution is 6.42. The van der Waals surface area contributed by atoms with Crippen LogP contribution in [0.25, 0.3) is 6.08 Å². The van der Waals surface area contributed by atoms with Crippen LogP contribution in [-0.4, -0.2) is 23.0 Å². The summed E-state index contributed by atoms with van der Waals surface area (Å²) in [5.41, 5.74) is 0.387. The normalized spacial score (nSPS) is 16.5. The van der Waals surface area contributed by atoms with E-state index in [9.17, 15) is 19.5 Å². The molecule has 0 atom stereocenters. The Morgan fingerprint density at radius 2 is 1.79 bits per heavy atom. The lowest BCUT2D eigenvalue weighted by Gasteiger charge is -2.27. The van der Waals surface area contributed by atoms with E-state index in [4.69, 9.17) is 11.6 Å². The molecule has 1 aliphatic rings. The van der Waals surface area contributed by atoms with Crippen molar-refractivity contribution in [3.05, 3.63) is 64.7 Å². The molecule has 2 N–H and O–H groups in total. The van der Waals surface area contributed by atoms with Gasteiger partial charge in [-0.25, -0.2) is 9.69 Å². The van der Waals surface area contributed by atoms with Gasteiger partial charge in [0.2, 0.25) is 0 Å². The number of halogens is 1. The number of urea groups is 1. The number of aromatic hydroxyl groups is 1. The molecular formula is C17H11ClN2O4. The quantitative estimate of drug-likeness (QED) is 0.649. The highest BCUT2D eigenvalue weighted by Crippen LogP contribution is 2.28. The minimum atomic E-state index is -0.869. The molecule has 7 heteroatoms. The number of imide groups is 2. The molecule has 1 heterocycles. The van der Waals surface area contributed by atoms with Crippen molar-refractivity contribution in [3.63, 3.8) is 0 Å². The van der Waals surface area contributed by atoms with Crippen LogP contribution in [0, 0.1) is 0 Å². The third kappa shape index (κ3) is 2.87. The van der Waals surface area contributed by atoms with Crippen LogP contribution < -0.4 is 10.2 Å². The second-order valence-corrected chi connectivity index (χ2v) is 5.41. The van der Waals surface area contributed by atoms with Crippen LogP contribution >= 0.6 is 11.6 Å². The Labute approximate surface area is 142 Å². The average Bonchev–Trinajstić information content (AvgIpc) is 2.53. The van der Waals surface area contributed by atoms with E-state index >= 15 is 0 Å². The third-order valence-corrected chi connectivity index (χ3v) is 3.70. The SMILES string of the molecule is O=C1NC(=O)N(c2ccccc2Cl)C(=O)/C1=C\c1cccc(O)c1. The first kappa shape index (κ1) is 15.8. The molecule has 0 saturated carbocycles. The molecule has 24 heavy (non-hydrogen) atoms. The van der Waals surface area contributed by atoms with E-state index in [-0.39, 0.29) is 22.0 Å². The molecule has 2 aromatic carbocycles. The van der Waals surface area contributed by atoms with Gasteiger partial charge in [0.25, 0.3) is 11.8 Å². The number of carbonyl (C=O) groups excluding carboxylic acids is 3. The predicted molar refractivity (Wildman–Crippen MR) is 88.6 cm³/mol. The lowest BCUT2D eigenvalue weighted by Crippen LogP contribution is -2.54. The molecular weight excluding hydrogens is 332 g/mol. The second-order valence-electron chi connectivity index (χ2n) is 5.00. The number of hydrogen-bond donors (Lipinski definition) is 2. The van der Waals surface area contributed by atoms with Crippen LogP contribution in [0.2, 0.25) is 5.02 Å². The summed E-state index contributed by atoms with van der Waals surface area (Å²) in [6.07, 6.45) is 1.30. The molecule has 0 aromatic heterocycles. The molecule has 6 nitrogen and oxygen atoms in total. The Bertz CT molecular complexity index is 892. The Morgan fingerprint density at radius 3 is 2.50 bits per heavy atom. The molecule has 120 valence electrons. The van der Waals surface area contributed by atoms with Crippen LogP contribution in [0.15, 0.2) is 54.1 Å². The van der Waals surface area contributed by atoms with E-state index in [0.717, 1.165) is 4.90 Å². The van der Waals surface area contributed by atoms with Gasteiger partial charge < -0.3 is 5.11 Å². The van der Waals surface area contributed by atoms with Crippen LogP contribution in [-0.2, 0) is 9.59 Å². The fraction of sp³-hybridized carbons (Fsp3) is 0. The lowest BCUT2D eigenvalue weighted by atomic mass is 10.1. The van der Waals surface area contributed by atoms with Crippen molar-refractivity contribution in [3.8, 4) is 5.75 Å². The van der Waals surface area contributed by atoms with E-state index in [2.05, 4.69) is 5.32 Å². The Balaban J connectivity index is 2.05. The molecule has 0 bridgehead atoms. The average molecular weight is 343 g/mol. The highest BCUT2D eigenvalue weighted by atomic mass is 35.5. The van der Waals surface area contributed by atoms with E-state index in [1.807, 2.05) is 0 Å². The number of phenols is 1. The summed E-state index contributed by atoms with van der Waals surface area (Å²) in [4.78, 5) is 37.5. The minimum absolute atomic E-state index is 0.00736. The van der Waals surface area contributed by atoms with Crippen molar-refractivity contribution in [1.29, 1.82) is 0 Å². The summed E-state index contributed by atoms with van der Waals surface area (Å²) in [5, 5.41) is 11.8. The molecule has 0 radical (unpaired) electrons. The predicted octanol–water partition coefficient (Wildman–Crippen LogP) is 2.71. The van der Waals surface area contributed by atoms with Gasteiger partial charge >= 0.3 is 6.03 Å². The summed E-state index contributed by atoms with van der Waals surface area (Å²) in [7, 11) is 0. The van der Waals surface area contributed by atoms with Crippen LogP contribution in [0.4, 0.5) is 10.5 Å². The maximum Gasteiger partial charge on any atom is 0.335 e. The Morgan fingerprint density at radius 1 is 1.04 bits per heavy atom. The van der Waals surface area contributed by atoms with Gasteiger partial charge in [-0.2, -0.15) is 0 Å². The number of rotatable bonds is 2.